The molecule has 1 aromatic heterocycles. The van der Waals surface area contributed by atoms with E-state index in [4.69, 9.17) is 4.42 Å². The van der Waals surface area contributed by atoms with Gasteiger partial charge in [0.25, 0.3) is 0 Å². The van der Waals surface area contributed by atoms with E-state index in [1.54, 1.807) is 6.92 Å². The standard InChI is InChI=1S/C9H12INO3/c1-6(9(12)13-2)11-5-7-3-4-8(10)14-7/h3-4,6,11H,5H2,1-2H3/t6-/m0/s1. The van der Waals surface area contributed by atoms with Gasteiger partial charge in [-0.25, -0.2) is 0 Å². The zero-order valence-corrected chi connectivity index (χ0v) is 10.2. The topological polar surface area (TPSA) is 51.5 Å². The fourth-order valence-electron chi connectivity index (χ4n) is 0.961. The van der Waals surface area contributed by atoms with Crippen molar-refractivity contribution in [3.05, 3.63) is 21.7 Å². The van der Waals surface area contributed by atoms with Crippen LogP contribution >= 0.6 is 22.6 Å². The van der Waals surface area contributed by atoms with E-state index in [0.717, 1.165) is 9.53 Å². The summed E-state index contributed by atoms with van der Waals surface area (Å²) in [4.78, 5) is 11.0. The van der Waals surface area contributed by atoms with Crippen molar-refractivity contribution in [3.8, 4) is 0 Å². The van der Waals surface area contributed by atoms with Gasteiger partial charge in [-0.2, -0.15) is 0 Å². The molecule has 1 heterocycles. The van der Waals surface area contributed by atoms with Crippen molar-refractivity contribution in [1.82, 2.24) is 5.32 Å². The molecule has 1 rings (SSSR count). The fourth-order valence-corrected chi connectivity index (χ4v) is 1.42. The molecule has 0 amide bonds. The molecule has 0 unspecified atom stereocenters. The number of rotatable bonds is 4. The first-order valence-corrected chi connectivity index (χ1v) is 5.26. The van der Waals surface area contributed by atoms with Gasteiger partial charge in [0.15, 0.2) is 3.77 Å². The molecular formula is C9H12INO3. The Bertz CT molecular complexity index is 311. The Morgan fingerprint density at radius 3 is 2.93 bits per heavy atom. The van der Waals surface area contributed by atoms with Gasteiger partial charge in [0.1, 0.15) is 11.8 Å². The predicted molar refractivity (Wildman–Crippen MR) is 59.7 cm³/mol. The number of furan rings is 1. The molecule has 1 N–H and O–H groups in total. The molecule has 0 spiro atoms. The van der Waals surface area contributed by atoms with E-state index in [2.05, 4.69) is 32.6 Å². The molecule has 14 heavy (non-hydrogen) atoms. The van der Waals surface area contributed by atoms with Crippen molar-refractivity contribution in [1.29, 1.82) is 0 Å². The van der Waals surface area contributed by atoms with E-state index in [9.17, 15) is 4.79 Å². The van der Waals surface area contributed by atoms with Crippen LogP contribution in [-0.4, -0.2) is 19.1 Å². The van der Waals surface area contributed by atoms with Crippen molar-refractivity contribution in [2.75, 3.05) is 7.11 Å². The molecule has 4 nitrogen and oxygen atoms in total. The van der Waals surface area contributed by atoms with E-state index in [0.29, 0.717) is 6.54 Å². The molecule has 78 valence electrons. The lowest BCUT2D eigenvalue weighted by molar-refractivity contribution is -0.142. The number of carbonyl (C=O) groups excluding carboxylic acids is 1. The Morgan fingerprint density at radius 1 is 1.71 bits per heavy atom. The lowest BCUT2D eigenvalue weighted by Crippen LogP contribution is -2.34. The van der Waals surface area contributed by atoms with Crippen LogP contribution in [0.1, 0.15) is 12.7 Å². The minimum absolute atomic E-state index is 0.272. The van der Waals surface area contributed by atoms with Crippen LogP contribution in [0.3, 0.4) is 0 Å². The minimum Gasteiger partial charge on any atom is -0.468 e. The second-order valence-electron chi connectivity index (χ2n) is 2.83. The number of hydrogen-bond donors (Lipinski definition) is 1. The highest BCUT2D eigenvalue weighted by molar-refractivity contribution is 14.1. The van der Waals surface area contributed by atoms with Gasteiger partial charge in [0.2, 0.25) is 0 Å². The number of methoxy groups -OCH3 is 1. The fraction of sp³-hybridized carbons (Fsp3) is 0.444. The molecule has 0 fully saturated rings. The number of halogens is 1. The smallest absolute Gasteiger partial charge is 0.322 e. The molecule has 0 aliphatic carbocycles. The largest absolute Gasteiger partial charge is 0.468 e. The Hall–Kier alpha value is -0.560. The van der Waals surface area contributed by atoms with Crippen LogP contribution in [0.5, 0.6) is 0 Å². The first-order chi connectivity index (χ1) is 6.63. The maximum absolute atomic E-state index is 11.0. The van der Waals surface area contributed by atoms with Gasteiger partial charge in [-0.3, -0.25) is 10.1 Å². The first-order valence-electron chi connectivity index (χ1n) is 4.19. The van der Waals surface area contributed by atoms with Gasteiger partial charge in [-0.05, 0) is 41.6 Å². The van der Waals surface area contributed by atoms with Gasteiger partial charge in [-0.1, -0.05) is 0 Å². The van der Waals surface area contributed by atoms with Gasteiger partial charge in [0.05, 0.1) is 13.7 Å². The molecule has 5 heteroatoms. The van der Waals surface area contributed by atoms with Crippen LogP contribution in [0.4, 0.5) is 0 Å². The van der Waals surface area contributed by atoms with E-state index in [-0.39, 0.29) is 12.0 Å². The van der Waals surface area contributed by atoms with Gasteiger partial charge in [0, 0.05) is 0 Å². The average Bonchev–Trinajstić information content (AvgIpc) is 2.59. The van der Waals surface area contributed by atoms with E-state index in [1.165, 1.54) is 7.11 Å². The van der Waals surface area contributed by atoms with Crippen LogP contribution in [-0.2, 0) is 16.1 Å². The maximum Gasteiger partial charge on any atom is 0.322 e. The van der Waals surface area contributed by atoms with Gasteiger partial charge < -0.3 is 9.15 Å². The summed E-state index contributed by atoms with van der Waals surface area (Å²) < 4.78 is 10.7. The highest BCUT2D eigenvalue weighted by atomic mass is 127. The van der Waals surface area contributed by atoms with Crippen molar-refractivity contribution in [2.45, 2.75) is 19.5 Å². The molecule has 0 radical (unpaired) electrons. The summed E-state index contributed by atoms with van der Waals surface area (Å²) in [6.45, 7) is 2.28. The molecular weight excluding hydrogens is 297 g/mol. The lowest BCUT2D eigenvalue weighted by Gasteiger charge is -2.09. The van der Waals surface area contributed by atoms with Gasteiger partial charge >= 0.3 is 5.97 Å². The Kier molecular flexibility index (Phi) is 4.40. The summed E-state index contributed by atoms with van der Waals surface area (Å²) in [5.41, 5.74) is 0. The lowest BCUT2D eigenvalue weighted by atomic mass is 10.3. The summed E-state index contributed by atoms with van der Waals surface area (Å²) in [7, 11) is 1.37. The molecule has 1 atom stereocenters. The van der Waals surface area contributed by atoms with Crippen molar-refractivity contribution < 1.29 is 13.9 Å². The monoisotopic (exact) mass is 309 g/mol. The number of hydrogen-bond acceptors (Lipinski definition) is 4. The molecule has 0 saturated carbocycles. The number of esters is 1. The zero-order chi connectivity index (χ0) is 10.6. The molecule has 0 aliphatic rings. The van der Waals surface area contributed by atoms with Crippen molar-refractivity contribution in [3.63, 3.8) is 0 Å². The average molecular weight is 309 g/mol. The highest BCUT2D eigenvalue weighted by Crippen LogP contribution is 2.09. The Balaban J connectivity index is 2.37. The number of nitrogens with one attached hydrogen (secondary N) is 1. The second kappa shape index (κ2) is 5.35. The molecule has 0 aliphatic heterocycles. The third-order valence-corrected chi connectivity index (χ3v) is 2.35. The van der Waals surface area contributed by atoms with Crippen LogP contribution < -0.4 is 5.32 Å². The second-order valence-corrected chi connectivity index (χ2v) is 3.89. The molecule has 0 aromatic carbocycles. The van der Waals surface area contributed by atoms with Crippen LogP contribution in [0.25, 0.3) is 0 Å². The number of carbonyl (C=O) groups is 1. The van der Waals surface area contributed by atoms with Crippen LogP contribution in [0.15, 0.2) is 16.5 Å². The summed E-state index contributed by atoms with van der Waals surface area (Å²) in [5.74, 6) is 0.538. The first kappa shape index (κ1) is 11.5. The van der Waals surface area contributed by atoms with Crippen molar-refractivity contribution >= 4 is 28.6 Å². The summed E-state index contributed by atoms with van der Waals surface area (Å²) in [6.07, 6.45) is 0. The molecule has 0 bridgehead atoms. The van der Waals surface area contributed by atoms with Crippen LogP contribution in [0, 0.1) is 3.77 Å². The number of ether oxygens (including phenoxy) is 1. The highest BCUT2D eigenvalue weighted by Gasteiger charge is 2.12. The van der Waals surface area contributed by atoms with E-state index in [1.807, 2.05) is 12.1 Å². The third kappa shape index (κ3) is 3.30. The molecule has 0 saturated heterocycles. The van der Waals surface area contributed by atoms with Crippen LogP contribution in [0.2, 0.25) is 0 Å². The predicted octanol–water partition coefficient (Wildman–Crippen LogP) is 1.54. The SMILES string of the molecule is COC(=O)[C@H](C)NCc1ccc(I)o1. The summed E-state index contributed by atoms with van der Waals surface area (Å²) in [6, 6.07) is 3.43. The van der Waals surface area contributed by atoms with E-state index >= 15 is 0 Å². The van der Waals surface area contributed by atoms with Gasteiger partial charge in [-0.15, -0.1) is 0 Å². The molecule has 1 aromatic rings. The Morgan fingerprint density at radius 2 is 2.43 bits per heavy atom. The Labute approximate surface area is 96.1 Å². The maximum atomic E-state index is 11.0. The summed E-state index contributed by atoms with van der Waals surface area (Å²) >= 11 is 2.09. The minimum atomic E-state index is -0.317. The summed E-state index contributed by atoms with van der Waals surface area (Å²) in [5, 5.41) is 2.99. The third-order valence-electron chi connectivity index (χ3n) is 1.77. The zero-order valence-electron chi connectivity index (χ0n) is 8.04. The van der Waals surface area contributed by atoms with E-state index < -0.39 is 0 Å². The normalized spacial score (nSPS) is 12.5. The quantitative estimate of drug-likeness (QED) is 0.677. The van der Waals surface area contributed by atoms with Crippen molar-refractivity contribution in [2.24, 2.45) is 0 Å².